The van der Waals surface area contributed by atoms with Crippen LogP contribution in [0.2, 0.25) is 0 Å². The average Bonchev–Trinajstić information content (AvgIpc) is 2.90. The fraction of sp³-hybridized carbons (Fsp3) is 0.450. The number of thioether (sulfide) groups is 1. The number of hydrogen-bond acceptors (Lipinski definition) is 7. The zero-order valence-corrected chi connectivity index (χ0v) is 17.3. The molecule has 7 nitrogen and oxygen atoms in total. The van der Waals surface area contributed by atoms with Crippen molar-refractivity contribution < 1.29 is 28.6 Å². The Morgan fingerprint density at radius 1 is 1.18 bits per heavy atom. The molecule has 0 unspecified atom stereocenters. The summed E-state index contributed by atoms with van der Waals surface area (Å²) in [5.74, 6) is 0.261. The zero-order valence-electron chi connectivity index (χ0n) is 16.5. The molecule has 2 amide bonds. The fourth-order valence-electron chi connectivity index (χ4n) is 2.38. The lowest BCUT2D eigenvalue weighted by Crippen LogP contribution is -2.34. The highest BCUT2D eigenvalue weighted by Gasteiger charge is 2.36. The van der Waals surface area contributed by atoms with Crippen molar-refractivity contribution >= 4 is 35.0 Å². The molecule has 1 aliphatic heterocycles. The van der Waals surface area contributed by atoms with E-state index in [1.807, 2.05) is 27.7 Å². The van der Waals surface area contributed by atoms with Crippen molar-refractivity contribution in [2.45, 2.75) is 27.7 Å². The Balaban J connectivity index is 2.17. The summed E-state index contributed by atoms with van der Waals surface area (Å²) in [4.78, 5) is 37.7. The molecule has 0 bridgehead atoms. The van der Waals surface area contributed by atoms with E-state index in [0.29, 0.717) is 30.3 Å². The van der Waals surface area contributed by atoms with Gasteiger partial charge in [-0.25, -0.2) is 0 Å². The third-order valence-corrected chi connectivity index (χ3v) is 4.53. The minimum atomic E-state index is -0.603. The summed E-state index contributed by atoms with van der Waals surface area (Å²) in [6, 6.07) is 5.28. The normalized spacial score (nSPS) is 15.5. The topological polar surface area (TPSA) is 82.1 Å². The number of imide groups is 1. The van der Waals surface area contributed by atoms with E-state index in [1.165, 1.54) is 0 Å². The van der Waals surface area contributed by atoms with E-state index in [4.69, 9.17) is 14.2 Å². The molecule has 8 heteroatoms. The minimum Gasteiger partial charge on any atom is -0.494 e. The van der Waals surface area contributed by atoms with Gasteiger partial charge >= 0.3 is 5.97 Å². The molecule has 0 atom stereocenters. The standard InChI is InChI=1S/C20H25NO6S/c1-5-25-15-8-7-14(16(10-15)26-6-2)9-17-19(23)21(20(24)28-17)11-18(22)27-12-13(3)4/h7-10,13H,5-6,11-12H2,1-4H3/b17-9+. The highest BCUT2D eigenvalue weighted by molar-refractivity contribution is 8.18. The van der Waals surface area contributed by atoms with Crippen LogP contribution in [0.3, 0.4) is 0 Å². The third kappa shape index (κ3) is 5.76. The molecule has 1 aliphatic rings. The van der Waals surface area contributed by atoms with Crippen LogP contribution in [-0.4, -0.2) is 48.4 Å². The van der Waals surface area contributed by atoms with Crippen molar-refractivity contribution in [3.8, 4) is 11.5 Å². The maximum absolute atomic E-state index is 12.6. The van der Waals surface area contributed by atoms with Crippen molar-refractivity contribution in [3.63, 3.8) is 0 Å². The number of rotatable bonds is 9. The van der Waals surface area contributed by atoms with E-state index < -0.39 is 23.7 Å². The molecule has 0 saturated carbocycles. The first kappa shape index (κ1) is 21.8. The average molecular weight is 407 g/mol. The van der Waals surface area contributed by atoms with Crippen LogP contribution in [0.15, 0.2) is 23.1 Å². The highest BCUT2D eigenvalue weighted by atomic mass is 32.2. The molecule has 1 aromatic carbocycles. The summed E-state index contributed by atoms with van der Waals surface area (Å²) in [7, 11) is 0. The van der Waals surface area contributed by atoms with E-state index in [-0.39, 0.29) is 17.4 Å². The van der Waals surface area contributed by atoms with E-state index in [0.717, 1.165) is 16.7 Å². The molecule has 1 saturated heterocycles. The van der Waals surface area contributed by atoms with Crippen LogP contribution in [0.1, 0.15) is 33.3 Å². The number of nitrogens with zero attached hydrogens (tertiary/aromatic N) is 1. The third-order valence-electron chi connectivity index (χ3n) is 3.62. The molecule has 0 aliphatic carbocycles. The second-order valence-corrected chi connectivity index (χ2v) is 7.40. The molecule has 1 aromatic rings. The van der Waals surface area contributed by atoms with Crippen LogP contribution in [0.5, 0.6) is 11.5 Å². The van der Waals surface area contributed by atoms with Gasteiger partial charge in [0.1, 0.15) is 18.0 Å². The number of benzene rings is 1. The van der Waals surface area contributed by atoms with Crippen LogP contribution in [-0.2, 0) is 14.3 Å². The Morgan fingerprint density at radius 2 is 1.89 bits per heavy atom. The fourth-order valence-corrected chi connectivity index (χ4v) is 3.21. The number of carbonyl (C=O) groups is 3. The summed E-state index contributed by atoms with van der Waals surface area (Å²) < 4.78 is 16.1. The largest absolute Gasteiger partial charge is 0.494 e. The summed E-state index contributed by atoms with van der Waals surface area (Å²) in [6.45, 7) is 8.37. The van der Waals surface area contributed by atoms with Gasteiger partial charge in [-0.2, -0.15) is 0 Å². The Labute approximate surface area is 169 Å². The molecule has 0 N–H and O–H groups in total. The van der Waals surface area contributed by atoms with Gasteiger partial charge in [-0.3, -0.25) is 19.3 Å². The lowest BCUT2D eigenvalue weighted by atomic mass is 10.1. The highest BCUT2D eigenvalue weighted by Crippen LogP contribution is 2.35. The van der Waals surface area contributed by atoms with Gasteiger partial charge in [0.15, 0.2) is 0 Å². The number of hydrogen-bond donors (Lipinski definition) is 0. The van der Waals surface area contributed by atoms with Gasteiger partial charge in [0, 0.05) is 11.6 Å². The Hall–Kier alpha value is -2.48. The Morgan fingerprint density at radius 3 is 2.54 bits per heavy atom. The van der Waals surface area contributed by atoms with Crippen LogP contribution in [0, 0.1) is 5.92 Å². The van der Waals surface area contributed by atoms with Crippen molar-refractivity contribution in [1.29, 1.82) is 0 Å². The summed E-state index contributed by atoms with van der Waals surface area (Å²) >= 11 is 0.788. The summed E-state index contributed by atoms with van der Waals surface area (Å²) in [5.41, 5.74) is 0.651. The van der Waals surface area contributed by atoms with E-state index in [9.17, 15) is 14.4 Å². The number of carbonyl (C=O) groups excluding carboxylic acids is 3. The van der Waals surface area contributed by atoms with Crippen molar-refractivity contribution in [2.24, 2.45) is 5.92 Å². The summed E-state index contributed by atoms with van der Waals surface area (Å²) in [5, 5.41) is -0.498. The van der Waals surface area contributed by atoms with Gasteiger partial charge in [-0.1, -0.05) is 13.8 Å². The first-order chi connectivity index (χ1) is 13.3. The van der Waals surface area contributed by atoms with Crippen LogP contribution < -0.4 is 9.47 Å². The zero-order chi connectivity index (χ0) is 20.7. The lowest BCUT2D eigenvalue weighted by molar-refractivity contribution is -0.147. The predicted molar refractivity (Wildman–Crippen MR) is 107 cm³/mol. The second kappa shape index (κ2) is 10.2. The number of amides is 2. The molecule has 28 heavy (non-hydrogen) atoms. The van der Waals surface area contributed by atoms with Crippen LogP contribution >= 0.6 is 11.8 Å². The van der Waals surface area contributed by atoms with Crippen molar-refractivity contribution in [3.05, 3.63) is 28.7 Å². The van der Waals surface area contributed by atoms with Crippen LogP contribution in [0.4, 0.5) is 4.79 Å². The first-order valence-corrected chi connectivity index (χ1v) is 9.98. The maximum atomic E-state index is 12.6. The second-order valence-electron chi connectivity index (χ2n) is 6.41. The van der Waals surface area contributed by atoms with Crippen LogP contribution in [0.25, 0.3) is 6.08 Å². The number of ether oxygens (including phenoxy) is 3. The molecule has 152 valence electrons. The molecule has 0 aromatic heterocycles. The SMILES string of the molecule is CCOc1ccc(/C=C2/SC(=O)N(CC(=O)OCC(C)C)C2=O)c(OCC)c1. The quantitative estimate of drug-likeness (QED) is 0.456. The van der Waals surface area contributed by atoms with Gasteiger partial charge < -0.3 is 14.2 Å². The van der Waals surface area contributed by atoms with Gasteiger partial charge in [0.05, 0.1) is 24.7 Å². The van der Waals surface area contributed by atoms with Gasteiger partial charge in [0.25, 0.3) is 11.1 Å². The van der Waals surface area contributed by atoms with Gasteiger partial charge in [-0.15, -0.1) is 0 Å². The monoisotopic (exact) mass is 407 g/mol. The molecule has 1 fully saturated rings. The molecular formula is C20H25NO6S. The minimum absolute atomic E-state index is 0.176. The molecule has 1 heterocycles. The molecule has 0 spiro atoms. The van der Waals surface area contributed by atoms with Gasteiger partial charge in [0.2, 0.25) is 0 Å². The molecule has 2 rings (SSSR count). The van der Waals surface area contributed by atoms with Crippen molar-refractivity contribution in [2.75, 3.05) is 26.4 Å². The molecular weight excluding hydrogens is 382 g/mol. The van der Waals surface area contributed by atoms with E-state index >= 15 is 0 Å². The first-order valence-electron chi connectivity index (χ1n) is 9.16. The number of esters is 1. The van der Waals surface area contributed by atoms with Crippen molar-refractivity contribution in [1.82, 2.24) is 4.90 Å². The smallest absolute Gasteiger partial charge is 0.326 e. The predicted octanol–water partition coefficient (Wildman–Crippen LogP) is 3.72. The van der Waals surface area contributed by atoms with Gasteiger partial charge in [-0.05, 0) is 49.7 Å². The Bertz CT molecular complexity index is 774. The van der Waals surface area contributed by atoms with E-state index in [1.54, 1.807) is 24.3 Å². The maximum Gasteiger partial charge on any atom is 0.326 e. The van der Waals surface area contributed by atoms with E-state index in [2.05, 4.69) is 0 Å². The Kier molecular flexibility index (Phi) is 7.92. The summed E-state index contributed by atoms with van der Waals surface area (Å²) in [6.07, 6.45) is 1.59. The molecule has 0 radical (unpaired) electrons. The lowest BCUT2D eigenvalue weighted by Gasteiger charge is -2.13.